The van der Waals surface area contributed by atoms with Gasteiger partial charge in [-0.2, -0.15) is 0 Å². The molecule has 3 heteroatoms. The SMILES string of the molecule is CN(Cc1ccc(N)cc1)CC1(N(C)C)CCC1. The van der Waals surface area contributed by atoms with Gasteiger partial charge in [-0.3, -0.25) is 0 Å². The van der Waals surface area contributed by atoms with Crippen LogP contribution in [0, 0.1) is 0 Å². The number of nitrogen functional groups attached to an aromatic ring is 1. The molecule has 1 aliphatic rings. The maximum Gasteiger partial charge on any atom is 0.0330 e. The molecule has 1 fully saturated rings. The summed E-state index contributed by atoms with van der Waals surface area (Å²) in [6.07, 6.45) is 4.02. The van der Waals surface area contributed by atoms with Crippen LogP contribution in [-0.4, -0.2) is 43.0 Å². The van der Waals surface area contributed by atoms with Crippen LogP contribution in [0.4, 0.5) is 5.69 Å². The van der Waals surface area contributed by atoms with Crippen LogP contribution >= 0.6 is 0 Å². The van der Waals surface area contributed by atoms with Crippen LogP contribution in [0.15, 0.2) is 24.3 Å². The predicted octanol–water partition coefficient (Wildman–Crippen LogP) is 2.18. The Morgan fingerprint density at radius 3 is 2.17 bits per heavy atom. The largest absolute Gasteiger partial charge is 0.399 e. The van der Waals surface area contributed by atoms with E-state index in [0.717, 1.165) is 18.8 Å². The second-order valence-corrected chi connectivity index (χ2v) is 5.89. The minimum absolute atomic E-state index is 0.405. The molecule has 3 nitrogen and oxygen atoms in total. The average molecular weight is 247 g/mol. The lowest BCUT2D eigenvalue weighted by Gasteiger charge is -2.49. The van der Waals surface area contributed by atoms with Gasteiger partial charge in [-0.1, -0.05) is 12.1 Å². The van der Waals surface area contributed by atoms with Crippen molar-refractivity contribution in [2.75, 3.05) is 33.4 Å². The number of benzene rings is 1. The molecular weight excluding hydrogens is 222 g/mol. The lowest BCUT2D eigenvalue weighted by molar-refractivity contribution is 0.0259. The Morgan fingerprint density at radius 1 is 1.11 bits per heavy atom. The summed E-state index contributed by atoms with van der Waals surface area (Å²) >= 11 is 0. The van der Waals surface area contributed by atoms with Gasteiger partial charge in [-0.25, -0.2) is 0 Å². The topological polar surface area (TPSA) is 32.5 Å². The van der Waals surface area contributed by atoms with Gasteiger partial charge in [0.1, 0.15) is 0 Å². The number of nitrogens with two attached hydrogens (primary N) is 1. The van der Waals surface area contributed by atoms with Crippen molar-refractivity contribution in [2.24, 2.45) is 0 Å². The number of likely N-dealkylation sites (N-methyl/N-ethyl adjacent to an activating group) is 2. The van der Waals surface area contributed by atoms with Crippen LogP contribution in [0.1, 0.15) is 24.8 Å². The maximum atomic E-state index is 5.71. The Balaban J connectivity index is 1.92. The third-order valence-corrected chi connectivity index (χ3v) is 4.23. The average Bonchev–Trinajstić information content (AvgIpc) is 2.26. The smallest absolute Gasteiger partial charge is 0.0330 e. The van der Waals surface area contributed by atoms with Crippen LogP contribution in [0.3, 0.4) is 0 Å². The molecule has 0 spiro atoms. The van der Waals surface area contributed by atoms with Gasteiger partial charge in [0.25, 0.3) is 0 Å². The van der Waals surface area contributed by atoms with Crippen LogP contribution < -0.4 is 5.73 Å². The van der Waals surface area contributed by atoms with Crippen LogP contribution in [-0.2, 0) is 6.54 Å². The van der Waals surface area contributed by atoms with Gasteiger partial charge in [0, 0.05) is 24.3 Å². The minimum atomic E-state index is 0.405. The molecule has 1 aromatic carbocycles. The predicted molar refractivity (Wildman–Crippen MR) is 77.5 cm³/mol. The number of rotatable bonds is 5. The van der Waals surface area contributed by atoms with Crippen molar-refractivity contribution in [1.82, 2.24) is 9.80 Å². The van der Waals surface area contributed by atoms with E-state index in [1.54, 1.807) is 0 Å². The highest BCUT2D eigenvalue weighted by molar-refractivity contribution is 5.39. The molecule has 0 aromatic heterocycles. The highest BCUT2D eigenvalue weighted by Gasteiger charge is 2.39. The number of nitrogens with zero attached hydrogens (tertiary/aromatic N) is 2. The normalized spacial score (nSPS) is 18.1. The molecule has 1 aliphatic carbocycles. The van der Waals surface area contributed by atoms with E-state index in [4.69, 9.17) is 5.73 Å². The summed E-state index contributed by atoms with van der Waals surface area (Å²) in [5.74, 6) is 0. The fraction of sp³-hybridized carbons (Fsp3) is 0.600. The highest BCUT2D eigenvalue weighted by atomic mass is 15.2. The summed E-state index contributed by atoms with van der Waals surface area (Å²) in [4.78, 5) is 4.82. The third kappa shape index (κ3) is 2.85. The van der Waals surface area contributed by atoms with Gasteiger partial charge in [0.2, 0.25) is 0 Å². The third-order valence-electron chi connectivity index (χ3n) is 4.23. The molecule has 0 bridgehead atoms. The molecule has 100 valence electrons. The molecule has 0 atom stereocenters. The van der Waals surface area contributed by atoms with Gasteiger partial charge in [0.15, 0.2) is 0 Å². The summed E-state index contributed by atoms with van der Waals surface area (Å²) < 4.78 is 0. The second kappa shape index (κ2) is 5.29. The molecular formula is C15H25N3. The quantitative estimate of drug-likeness (QED) is 0.810. The zero-order valence-corrected chi connectivity index (χ0v) is 11.8. The molecule has 0 amide bonds. The minimum Gasteiger partial charge on any atom is -0.399 e. The summed E-state index contributed by atoms with van der Waals surface area (Å²) in [5.41, 5.74) is 8.29. The molecule has 2 rings (SSSR count). The van der Waals surface area contributed by atoms with E-state index in [1.807, 2.05) is 12.1 Å². The fourth-order valence-electron chi connectivity index (χ4n) is 2.82. The summed E-state index contributed by atoms with van der Waals surface area (Å²) in [7, 11) is 6.62. The summed E-state index contributed by atoms with van der Waals surface area (Å²) in [6.45, 7) is 2.14. The molecule has 18 heavy (non-hydrogen) atoms. The van der Waals surface area contributed by atoms with Crippen LogP contribution in [0.2, 0.25) is 0 Å². The monoisotopic (exact) mass is 247 g/mol. The van der Waals surface area contributed by atoms with Crippen LogP contribution in [0.25, 0.3) is 0 Å². The van der Waals surface area contributed by atoms with Crippen molar-refractivity contribution in [3.8, 4) is 0 Å². The summed E-state index contributed by atoms with van der Waals surface area (Å²) in [6, 6.07) is 8.20. The highest BCUT2D eigenvalue weighted by Crippen LogP contribution is 2.36. The van der Waals surface area contributed by atoms with Gasteiger partial charge in [0.05, 0.1) is 0 Å². The van der Waals surface area contributed by atoms with Crippen molar-refractivity contribution < 1.29 is 0 Å². The van der Waals surface area contributed by atoms with E-state index < -0.39 is 0 Å². The van der Waals surface area contributed by atoms with Gasteiger partial charge in [-0.05, 0) is 58.1 Å². The first kappa shape index (κ1) is 13.4. The van der Waals surface area contributed by atoms with Gasteiger partial charge >= 0.3 is 0 Å². The Labute approximate surface area is 111 Å². The number of hydrogen-bond acceptors (Lipinski definition) is 3. The van der Waals surface area contributed by atoms with Crippen LogP contribution in [0.5, 0.6) is 0 Å². The number of hydrogen-bond donors (Lipinski definition) is 1. The Kier molecular flexibility index (Phi) is 3.93. The van der Waals surface area contributed by atoms with E-state index in [9.17, 15) is 0 Å². The second-order valence-electron chi connectivity index (χ2n) is 5.89. The van der Waals surface area contributed by atoms with Crippen molar-refractivity contribution in [3.63, 3.8) is 0 Å². The van der Waals surface area contributed by atoms with E-state index in [2.05, 4.69) is 43.1 Å². The Hall–Kier alpha value is -1.06. The van der Waals surface area contributed by atoms with E-state index in [1.165, 1.54) is 24.8 Å². The molecule has 0 radical (unpaired) electrons. The molecule has 1 aromatic rings. The molecule has 1 saturated carbocycles. The lowest BCUT2D eigenvalue weighted by Crippen LogP contribution is -2.56. The number of anilines is 1. The van der Waals surface area contributed by atoms with Crippen molar-refractivity contribution in [2.45, 2.75) is 31.3 Å². The molecule has 0 aliphatic heterocycles. The lowest BCUT2D eigenvalue weighted by atomic mass is 9.75. The molecule has 0 heterocycles. The first-order valence-electron chi connectivity index (χ1n) is 6.72. The summed E-state index contributed by atoms with van der Waals surface area (Å²) in [5, 5.41) is 0. The Morgan fingerprint density at radius 2 is 1.72 bits per heavy atom. The Bertz CT molecular complexity index is 379. The first-order chi connectivity index (χ1) is 8.52. The van der Waals surface area contributed by atoms with Crippen molar-refractivity contribution in [3.05, 3.63) is 29.8 Å². The standard InChI is InChI=1S/C15H25N3/c1-17(2)15(9-4-10-15)12-18(3)11-13-5-7-14(16)8-6-13/h5-8H,4,9-12,16H2,1-3H3. The zero-order valence-electron chi connectivity index (χ0n) is 11.8. The van der Waals surface area contributed by atoms with Gasteiger partial charge < -0.3 is 15.5 Å². The molecule has 0 saturated heterocycles. The van der Waals surface area contributed by atoms with Gasteiger partial charge in [-0.15, -0.1) is 0 Å². The van der Waals surface area contributed by atoms with E-state index >= 15 is 0 Å². The maximum absolute atomic E-state index is 5.71. The van der Waals surface area contributed by atoms with Crippen molar-refractivity contribution in [1.29, 1.82) is 0 Å². The first-order valence-corrected chi connectivity index (χ1v) is 6.72. The molecule has 0 unspecified atom stereocenters. The fourth-order valence-corrected chi connectivity index (χ4v) is 2.82. The van der Waals surface area contributed by atoms with E-state index in [0.29, 0.717) is 5.54 Å². The van der Waals surface area contributed by atoms with E-state index in [-0.39, 0.29) is 0 Å². The molecule has 2 N–H and O–H groups in total. The zero-order chi connectivity index (χ0) is 13.2. The van der Waals surface area contributed by atoms with Crippen molar-refractivity contribution >= 4 is 5.69 Å².